The molecule has 12 heteroatoms. The van der Waals surface area contributed by atoms with Gasteiger partial charge >= 0.3 is 6.18 Å². The average molecular weight is 463 g/mol. The molecule has 0 aliphatic carbocycles. The minimum Gasteiger partial charge on any atom is -0.487 e. The highest BCUT2D eigenvalue weighted by Gasteiger charge is 2.35. The zero-order chi connectivity index (χ0) is 23.6. The Hall–Kier alpha value is -3.96. The summed E-state index contributed by atoms with van der Waals surface area (Å²) in [6.45, 7) is 0.504. The number of amides is 1. The summed E-state index contributed by atoms with van der Waals surface area (Å²) in [7, 11) is 1.38. The Morgan fingerprint density at radius 3 is 2.61 bits per heavy atom. The van der Waals surface area contributed by atoms with Crippen LogP contribution in [0.25, 0.3) is 0 Å². The van der Waals surface area contributed by atoms with Crippen LogP contribution in [0, 0.1) is 5.82 Å². The van der Waals surface area contributed by atoms with Crippen molar-refractivity contribution in [2.24, 2.45) is 0 Å². The molecule has 1 aliphatic rings. The molecule has 1 N–H and O–H groups in total. The van der Waals surface area contributed by atoms with Gasteiger partial charge in [-0.05, 0) is 24.3 Å². The van der Waals surface area contributed by atoms with Crippen molar-refractivity contribution in [3.8, 4) is 11.6 Å². The molecule has 33 heavy (non-hydrogen) atoms. The summed E-state index contributed by atoms with van der Waals surface area (Å²) in [5.41, 5.74) is -0.0443. The molecule has 3 aromatic rings. The summed E-state index contributed by atoms with van der Waals surface area (Å²) in [6, 6.07) is 5.24. The number of halogens is 4. The number of pyridine rings is 1. The van der Waals surface area contributed by atoms with Crippen molar-refractivity contribution in [3.63, 3.8) is 0 Å². The first-order chi connectivity index (χ1) is 15.7. The van der Waals surface area contributed by atoms with Gasteiger partial charge in [0.15, 0.2) is 0 Å². The lowest BCUT2D eigenvalue weighted by atomic mass is 10.1. The van der Waals surface area contributed by atoms with Crippen molar-refractivity contribution in [1.29, 1.82) is 0 Å². The van der Waals surface area contributed by atoms with Crippen LogP contribution >= 0.6 is 0 Å². The third-order valence-electron chi connectivity index (χ3n) is 4.85. The number of hydrogen-bond donors (Lipinski definition) is 1. The van der Waals surface area contributed by atoms with Crippen LogP contribution in [0.2, 0.25) is 0 Å². The van der Waals surface area contributed by atoms with Crippen molar-refractivity contribution in [2.75, 3.05) is 30.4 Å². The highest BCUT2D eigenvalue weighted by molar-refractivity contribution is 6.09. The summed E-state index contributed by atoms with van der Waals surface area (Å²) in [5, 5.41) is 10.0. The molecule has 0 unspecified atom stereocenters. The summed E-state index contributed by atoms with van der Waals surface area (Å²) in [4.78, 5) is 18.8. The molecule has 2 aromatic heterocycles. The lowest BCUT2D eigenvalue weighted by molar-refractivity contribution is -0.137. The maximum atomic E-state index is 13.6. The van der Waals surface area contributed by atoms with E-state index in [4.69, 9.17) is 9.47 Å². The van der Waals surface area contributed by atoms with Crippen LogP contribution in [0.1, 0.15) is 15.9 Å². The molecule has 0 radical (unpaired) electrons. The fourth-order valence-electron chi connectivity index (χ4n) is 3.32. The molecule has 1 amide bonds. The van der Waals surface area contributed by atoms with E-state index in [2.05, 4.69) is 20.5 Å². The number of hydrogen-bond acceptors (Lipinski definition) is 7. The molecule has 0 saturated carbocycles. The molecule has 1 saturated heterocycles. The zero-order valence-electron chi connectivity index (χ0n) is 17.1. The molecule has 0 spiro atoms. The van der Waals surface area contributed by atoms with Gasteiger partial charge in [0.05, 0.1) is 49.5 Å². The van der Waals surface area contributed by atoms with Crippen LogP contribution < -0.4 is 19.7 Å². The third-order valence-corrected chi connectivity index (χ3v) is 4.85. The maximum Gasteiger partial charge on any atom is 0.416 e. The molecule has 4 rings (SSSR count). The van der Waals surface area contributed by atoms with E-state index in [0.717, 1.165) is 12.1 Å². The van der Waals surface area contributed by atoms with Crippen LogP contribution in [-0.4, -0.2) is 47.4 Å². The summed E-state index contributed by atoms with van der Waals surface area (Å²) in [5.74, 6) is -1.66. The van der Waals surface area contributed by atoms with Crippen LogP contribution in [0.3, 0.4) is 0 Å². The number of alkyl halides is 3. The highest BCUT2D eigenvalue weighted by Crippen LogP contribution is 2.35. The van der Waals surface area contributed by atoms with E-state index in [1.165, 1.54) is 25.7 Å². The fourth-order valence-corrected chi connectivity index (χ4v) is 3.32. The molecule has 3 heterocycles. The number of carbonyl (C=O) groups is 1. The number of nitrogens with zero attached hydrogens (tertiary/aromatic N) is 4. The monoisotopic (exact) mass is 463 g/mol. The number of benzene rings is 1. The predicted octanol–water partition coefficient (Wildman–Crippen LogP) is 3.56. The number of nitrogens with one attached hydrogen (secondary N) is 1. The largest absolute Gasteiger partial charge is 0.487 e. The standard InChI is InChI=1S/C21H17F4N5O3/c1-32-20-18(19(31)29-14-2-5-27-28-9-14)17(3-4-26-20)30-10-16(11-30)33-15-7-12(21(23,24)25)6-13(22)8-15/h2-9,16H,10-11H2,1H3,(H,27,29,31). The smallest absolute Gasteiger partial charge is 0.416 e. The Labute approximate surface area is 185 Å². The van der Waals surface area contributed by atoms with Gasteiger partial charge in [-0.25, -0.2) is 9.37 Å². The number of anilines is 2. The highest BCUT2D eigenvalue weighted by atomic mass is 19.4. The fraction of sp³-hybridized carbons (Fsp3) is 0.238. The maximum absolute atomic E-state index is 13.6. The SMILES string of the molecule is COc1nccc(N2CC(Oc3cc(F)cc(C(F)(F)F)c3)C2)c1C(=O)Nc1ccnnc1. The topological polar surface area (TPSA) is 89.5 Å². The Morgan fingerprint density at radius 2 is 1.94 bits per heavy atom. The van der Waals surface area contributed by atoms with Gasteiger partial charge < -0.3 is 19.7 Å². The van der Waals surface area contributed by atoms with E-state index in [1.807, 2.05) is 0 Å². The van der Waals surface area contributed by atoms with Gasteiger partial charge in [0.25, 0.3) is 5.91 Å². The lowest BCUT2D eigenvalue weighted by Crippen LogP contribution is -2.54. The van der Waals surface area contributed by atoms with E-state index < -0.39 is 29.6 Å². The van der Waals surface area contributed by atoms with Crippen LogP contribution in [0.15, 0.2) is 48.9 Å². The van der Waals surface area contributed by atoms with E-state index >= 15 is 0 Å². The zero-order valence-corrected chi connectivity index (χ0v) is 17.1. The first-order valence-corrected chi connectivity index (χ1v) is 9.65. The number of carbonyl (C=O) groups excluding carboxylic acids is 1. The van der Waals surface area contributed by atoms with Gasteiger partial charge in [-0.2, -0.15) is 23.4 Å². The molecule has 0 atom stereocenters. The molecule has 1 aliphatic heterocycles. The normalized spacial score (nSPS) is 13.9. The van der Waals surface area contributed by atoms with Crippen LogP contribution in [0.5, 0.6) is 11.6 Å². The minimum atomic E-state index is -4.69. The summed E-state index contributed by atoms with van der Waals surface area (Å²) in [6.07, 6.45) is -0.929. The van der Waals surface area contributed by atoms with Gasteiger partial charge in [0.2, 0.25) is 5.88 Å². The first kappa shape index (κ1) is 22.2. The Balaban J connectivity index is 1.50. The second-order valence-electron chi connectivity index (χ2n) is 7.12. The van der Waals surface area contributed by atoms with Crippen molar-refractivity contribution in [3.05, 3.63) is 65.9 Å². The number of aromatic nitrogens is 3. The van der Waals surface area contributed by atoms with Gasteiger partial charge in [-0.1, -0.05) is 0 Å². The molecule has 1 fully saturated rings. The predicted molar refractivity (Wildman–Crippen MR) is 109 cm³/mol. The molecule has 1 aromatic carbocycles. The van der Waals surface area contributed by atoms with Gasteiger partial charge in [-0.3, -0.25) is 4.79 Å². The van der Waals surface area contributed by atoms with Gasteiger partial charge in [0.1, 0.15) is 23.2 Å². The molecular weight excluding hydrogens is 446 g/mol. The Kier molecular flexibility index (Phi) is 5.99. The number of ether oxygens (including phenoxy) is 2. The first-order valence-electron chi connectivity index (χ1n) is 9.65. The van der Waals surface area contributed by atoms with Gasteiger partial charge in [-0.15, -0.1) is 0 Å². The lowest BCUT2D eigenvalue weighted by Gasteiger charge is -2.41. The van der Waals surface area contributed by atoms with E-state index in [-0.39, 0.29) is 30.3 Å². The Bertz CT molecular complexity index is 1150. The summed E-state index contributed by atoms with van der Waals surface area (Å²) < 4.78 is 63.1. The van der Waals surface area contributed by atoms with E-state index in [9.17, 15) is 22.4 Å². The van der Waals surface area contributed by atoms with Crippen LogP contribution in [-0.2, 0) is 6.18 Å². The van der Waals surface area contributed by atoms with Crippen molar-refractivity contribution in [1.82, 2.24) is 15.2 Å². The second-order valence-corrected chi connectivity index (χ2v) is 7.12. The average Bonchev–Trinajstić information content (AvgIpc) is 2.75. The van der Waals surface area contributed by atoms with Crippen molar-refractivity contribution >= 4 is 17.3 Å². The molecular formula is C21H17F4N5O3. The minimum absolute atomic E-state index is 0.0938. The van der Waals surface area contributed by atoms with Gasteiger partial charge in [0, 0.05) is 12.3 Å². The number of rotatable bonds is 6. The third kappa shape index (κ3) is 4.94. The number of methoxy groups -OCH3 is 1. The molecule has 172 valence electrons. The molecule has 8 nitrogen and oxygen atoms in total. The van der Waals surface area contributed by atoms with E-state index in [1.54, 1.807) is 17.0 Å². The van der Waals surface area contributed by atoms with Crippen molar-refractivity contribution < 1.29 is 31.8 Å². The van der Waals surface area contributed by atoms with Crippen molar-refractivity contribution in [2.45, 2.75) is 12.3 Å². The van der Waals surface area contributed by atoms with E-state index in [0.29, 0.717) is 17.4 Å². The van der Waals surface area contributed by atoms with Crippen LogP contribution in [0.4, 0.5) is 28.9 Å². The Morgan fingerprint density at radius 1 is 1.15 bits per heavy atom. The molecule has 0 bridgehead atoms. The summed E-state index contributed by atoms with van der Waals surface area (Å²) >= 11 is 0. The second kappa shape index (κ2) is 8.88. The quantitative estimate of drug-likeness (QED) is 0.559.